The molecular formula is C22H17FN3O3P. The molecule has 1 amide bonds. The third kappa shape index (κ3) is 3.81. The van der Waals surface area contributed by atoms with Crippen LogP contribution in [0.5, 0.6) is 0 Å². The van der Waals surface area contributed by atoms with Gasteiger partial charge in [0, 0.05) is 29.1 Å². The van der Waals surface area contributed by atoms with Crippen molar-refractivity contribution in [1.82, 2.24) is 9.55 Å². The van der Waals surface area contributed by atoms with E-state index in [1.54, 1.807) is 66.9 Å². The smallest absolute Gasteiger partial charge is 0.293 e. The summed E-state index contributed by atoms with van der Waals surface area (Å²) in [6.45, 7) is 0. The van der Waals surface area contributed by atoms with Crippen LogP contribution in [0, 0.1) is 5.82 Å². The van der Waals surface area contributed by atoms with E-state index in [-0.39, 0.29) is 16.4 Å². The highest BCUT2D eigenvalue weighted by atomic mass is 31.2. The summed E-state index contributed by atoms with van der Waals surface area (Å²) in [6, 6.07) is 20.6. The Bertz CT molecular complexity index is 1240. The minimum atomic E-state index is -3.89. The molecule has 4 aromatic rings. The number of anilines is 1. The third-order valence-corrected chi connectivity index (χ3v) is 6.39. The molecule has 0 fully saturated rings. The molecule has 0 radical (unpaired) electrons. The number of carbonyl (C=O) groups is 1. The van der Waals surface area contributed by atoms with E-state index >= 15 is 0 Å². The van der Waals surface area contributed by atoms with E-state index in [0.717, 1.165) is 0 Å². The lowest BCUT2D eigenvalue weighted by Gasteiger charge is -2.14. The molecule has 1 unspecified atom stereocenters. The minimum absolute atomic E-state index is 0.0249. The van der Waals surface area contributed by atoms with E-state index < -0.39 is 19.1 Å². The van der Waals surface area contributed by atoms with Gasteiger partial charge in [0.2, 0.25) is 5.57 Å². The van der Waals surface area contributed by atoms with E-state index in [9.17, 15) is 18.6 Å². The third-order valence-electron chi connectivity index (χ3n) is 4.52. The Morgan fingerprint density at radius 2 is 1.63 bits per heavy atom. The molecule has 0 saturated carbocycles. The lowest BCUT2D eigenvalue weighted by molar-refractivity contribution is 0.102. The summed E-state index contributed by atoms with van der Waals surface area (Å²) in [7, 11) is -3.89. The average Bonchev–Trinajstić information content (AvgIpc) is 3.26. The number of nitrogens with one attached hydrogen (secondary N) is 1. The molecule has 0 saturated heterocycles. The van der Waals surface area contributed by atoms with Crippen molar-refractivity contribution in [2.24, 2.45) is 0 Å². The van der Waals surface area contributed by atoms with E-state index in [0.29, 0.717) is 11.4 Å². The van der Waals surface area contributed by atoms with Gasteiger partial charge < -0.3 is 10.2 Å². The van der Waals surface area contributed by atoms with Crippen LogP contribution in [-0.2, 0) is 4.57 Å². The maximum absolute atomic E-state index is 13.8. The molecule has 1 aromatic heterocycles. The first-order valence-electron chi connectivity index (χ1n) is 9.05. The number of imidazole rings is 1. The van der Waals surface area contributed by atoms with E-state index in [1.807, 2.05) is 0 Å². The van der Waals surface area contributed by atoms with Crippen LogP contribution in [0.25, 0.3) is 5.69 Å². The molecule has 0 bridgehead atoms. The second-order valence-corrected chi connectivity index (χ2v) is 8.56. The molecule has 0 aliphatic carbocycles. The Balaban J connectivity index is 1.59. The van der Waals surface area contributed by atoms with E-state index in [1.165, 1.54) is 29.0 Å². The summed E-state index contributed by atoms with van der Waals surface area (Å²) < 4.78 is 28.3. The molecule has 1 atom stereocenters. The lowest BCUT2D eigenvalue weighted by atomic mass is 10.2. The quantitative estimate of drug-likeness (QED) is 0.484. The molecule has 6 nitrogen and oxygen atoms in total. The van der Waals surface area contributed by atoms with Gasteiger partial charge in [-0.25, -0.2) is 9.37 Å². The second-order valence-electron chi connectivity index (χ2n) is 6.49. The fourth-order valence-electron chi connectivity index (χ4n) is 3.02. The van der Waals surface area contributed by atoms with Gasteiger partial charge in [-0.2, -0.15) is 0 Å². The zero-order valence-electron chi connectivity index (χ0n) is 15.6. The van der Waals surface area contributed by atoms with Gasteiger partial charge in [0.15, 0.2) is 0 Å². The second kappa shape index (κ2) is 8.06. The Labute approximate surface area is 172 Å². The zero-order chi connectivity index (χ0) is 21.1. The van der Waals surface area contributed by atoms with Crippen LogP contribution in [0.15, 0.2) is 91.3 Å². The number of amides is 1. The van der Waals surface area contributed by atoms with Crippen LogP contribution >= 0.6 is 7.37 Å². The standard InChI is InChI=1S/C22H17FN3O3P/c23-20-9-5-4-8-19(20)21(27)25-16-10-12-17(13-11-16)26-15-14-24-22(26)30(28,29)18-6-2-1-3-7-18/h1-15H,(H,25,27)(H,28,29). The summed E-state index contributed by atoms with van der Waals surface area (Å²) in [5.41, 5.74) is 1.03. The molecule has 2 N–H and O–H groups in total. The molecule has 30 heavy (non-hydrogen) atoms. The van der Waals surface area contributed by atoms with E-state index in [2.05, 4.69) is 10.3 Å². The molecule has 8 heteroatoms. The van der Waals surface area contributed by atoms with Crippen LogP contribution < -0.4 is 16.2 Å². The molecule has 0 aliphatic rings. The Morgan fingerprint density at radius 3 is 2.33 bits per heavy atom. The van der Waals surface area contributed by atoms with Crippen molar-refractivity contribution < 1.29 is 18.6 Å². The van der Waals surface area contributed by atoms with Crippen molar-refractivity contribution in [2.75, 3.05) is 5.32 Å². The minimum Gasteiger partial charge on any atom is -0.336 e. The number of halogens is 1. The Kier molecular flexibility index (Phi) is 5.31. The van der Waals surface area contributed by atoms with Crippen LogP contribution in [0.2, 0.25) is 0 Å². The van der Waals surface area contributed by atoms with Crippen molar-refractivity contribution in [1.29, 1.82) is 0 Å². The molecule has 3 aromatic carbocycles. The van der Waals surface area contributed by atoms with Crippen LogP contribution in [-0.4, -0.2) is 20.4 Å². The summed E-state index contributed by atoms with van der Waals surface area (Å²) in [4.78, 5) is 27.0. The summed E-state index contributed by atoms with van der Waals surface area (Å²) in [5.74, 6) is -1.16. The van der Waals surface area contributed by atoms with Gasteiger partial charge in [-0.15, -0.1) is 0 Å². The highest BCUT2D eigenvalue weighted by Gasteiger charge is 2.29. The van der Waals surface area contributed by atoms with Gasteiger partial charge in [-0.1, -0.05) is 30.3 Å². The topological polar surface area (TPSA) is 84.2 Å². The molecule has 0 aliphatic heterocycles. The van der Waals surface area contributed by atoms with Crippen molar-refractivity contribution in [2.45, 2.75) is 0 Å². The number of benzene rings is 3. The predicted octanol–water partition coefficient (Wildman–Crippen LogP) is 3.48. The predicted molar refractivity (Wildman–Crippen MR) is 113 cm³/mol. The maximum atomic E-state index is 13.8. The fourth-order valence-corrected chi connectivity index (χ4v) is 4.52. The first-order valence-corrected chi connectivity index (χ1v) is 10.7. The van der Waals surface area contributed by atoms with Crippen molar-refractivity contribution in [3.8, 4) is 5.69 Å². The molecule has 150 valence electrons. The average molecular weight is 421 g/mol. The lowest BCUT2D eigenvalue weighted by Crippen LogP contribution is -2.24. The van der Waals surface area contributed by atoms with Gasteiger partial charge >= 0.3 is 0 Å². The highest BCUT2D eigenvalue weighted by molar-refractivity contribution is 7.73. The molecule has 0 spiro atoms. The maximum Gasteiger partial charge on any atom is 0.293 e. The normalized spacial score (nSPS) is 12.9. The van der Waals surface area contributed by atoms with Gasteiger partial charge in [0.25, 0.3) is 13.3 Å². The highest BCUT2D eigenvalue weighted by Crippen LogP contribution is 2.37. The largest absolute Gasteiger partial charge is 0.336 e. The summed E-state index contributed by atoms with van der Waals surface area (Å²) in [6.07, 6.45) is 3.04. The first-order chi connectivity index (χ1) is 14.5. The van der Waals surface area contributed by atoms with Crippen molar-refractivity contribution in [3.63, 3.8) is 0 Å². The Morgan fingerprint density at radius 1 is 0.967 bits per heavy atom. The molecular weight excluding hydrogens is 404 g/mol. The van der Waals surface area contributed by atoms with Crippen LogP contribution in [0.3, 0.4) is 0 Å². The first kappa shape index (κ1) is 19.8. The van der Waals surface area contributed by atoms with Gasteiger partial charge in [-0.3, -0.25) is 13.9 Å². The van der Waals surface area contributed by atoms with Crippen LogP contribution in [0.1, 0.15) is 10.4 Å². The fraction of sp³-hybridized carbons (Fsp3) is 0. The number of carbonyl (C=O) groups excluding carboxylic acids is 1. The monoisotopic (exact) mass is 421 g/mol. The number of hydrogen-bond donors (Lipinski definition) is 2. The Hall–Kier alpha value is -3.54. The zero-order valence-corrected chi connectivity index (χ0v) is 16.5. The van der Waals surface area contributed by atoms with Crippen LogP contribution in [0.4, 0.5) is 10.1 Å². The molecule has 4 rings (SSSR count). The summed E-state index contributed by atoms with van der Waals surface area (Å²) in [5, 5.41) is 2.92. The number of aromatic nitrogens is 2. The van der Waals surface area contributed by atoms with Gasteiger partial charge in [0.1, 0.15) is 5.82 Å². The summed E-state index contributed by atoms with van der Waals surface area (Å²) >= 11 is 0. The van der Waals surface area contributed by atoms with Crippen molar-refractivity contribution >= 4 is 29.8 Å². The molecule has 1 heterocycles. The van der Waals surface area contributed by atoms with Crippen molar-refractivity contribution in [3.05, 3.63) is 103 Å². The SMILES string of the molecule is O=C(Nc1ccc(-n2ccnc2P(=O)(O)c2ccccc2)cc1)c1ccccc1F. The van der Waals surface area contributed by atoms with Gasteiger partial charge in [-0.05, 0) is 48.5 Å². The number of rotatable bonds is 5. The van der Waals surface area contributed by atoms with Gasteiger partial charge in [0.05, 0.1) is 5.56 Å². The number of hydrogen-bond acceptors (Lipinski definition) is 3. The number of nitrogens with zero attached hydrogens (tertiary/aromatic N) is 2. The van der Waals surface area contributed by atoms with E-state index in [4.69, 9.17) is 0 Å².